The topological polar surface area (TPSA) is 112 Å². The van der Waals surface area contributed by atoms with E-state index in [0.29, 0.717) is 11.2 Å². The summed E-state index contributed by atoms with van der Waals surface area (Å²) in [6.07, 6.45) is 0.753. The van der Waals surface area contributed by atoms with Crippen LogP contribution in [-0.2, 0) is 4.74 Å². The van der Waals surface area contributed by atoms with Gasteiger partial charge in [0.1, 0.15) is 10.8 Å². The van der Waals surface area contributed by atoms with E-state index in [0.717, 1.165) is 0 Å². The summed E-state index contributed by atoms with van der Waals surface area (Å²) < 4.78 is 12.4. The van der Waals surface area contributed by atoms with Gasteiger partial charge in [-0.05, 0) is 46.8 Å². The minimum Gasteiger partial charge on any atom is -0.487 e. The first-order chi connectivity index (χ1) is 14.5. The van der Waals surface area contributed by atoms with E-state index in [1.165, 1.54) is 33.8 Å². The van der Waals surface area contributed by atoms with Crippen molar-refractivity contribution >= 4 is 40.5 Å². The number of carbonyl (C=O) groups is 1. The summed E-state index contributed by atoms with van der Waals surface area (Å²) in [7, 11) is 0. The Morgan fingerprint density at radius 1 is 1.32 bits per heavy atom. The number of carbonyl (C=O) groups excluding carboxylic acids is 1. The van der Waals surface area contributed by atoms with Gasteiger partial charge in [0, 0.05) is 17.7 Å². The van der Waals surface area contributed by atoms with Crippen molar-refractivity contribution < 1.29 is 19.2 Å². The molecule has 2 heterocycles. The molecule has 0 spiro atoms. The number of ether oxygens (including phenoxy) is 2. The fourth-order valence-electron chi connectivity index (χ4n) is 2.93. The second-order valence-corrected chi connectivity index (χ2v) is 7.97. The van der Waals surface area contributed by atoms with Crippen LogP contribution in [0.15, 0.2) is 30.5 Å². The molecule has 0 saturated carbocycles. The molecular weight excluding hydrogens is 426 g/mol. The lowest BCUT2D eigenvalue weighted by Crippen LogP contribution is -2.35. The summed E-state index contributed by atoms with van der Waals surface area (Å²) in [6, 6.07) is 5.85. The number of benzene rings is 1. The Balaban J connectivity index is 2.28. The van der Waals surface area contributed by atoms with Crippen molar-refractivity contribution in [3.8, 4) is 5.75 Å². The van der Waals surface area contributed by atoms with Crippen molar-refractivity contribution in [2.75, 3.05) is 11.5 Å². The van der Waals surface area contributed by atoms with E-state index < -0.39 is 16.6 Å². The number of nitro groups is 1. The first kappa shape index (κ1) is 22.3. The number of fused-ring (bicyclic) bond motifs is 1. The summed E-state index contributed by atoms with van der Waals surface area (Å²) in [5.74, 6) is 0.349. The summed E-state index contributed by atoms with van der Waals surface area (Å²) in [6.45, 7) is 8.81. The molecule has 10 nitrogen and oxygen atoms in total. The van der Waals surface area contributed by atoms with Crippen LogP contribution in [0.4, 0.5) is 22.0 Å². The molecular formula is C20H22ClN5O5. The van der Waals surface area contributed by atoms with E-state index in [1.54, 1.807) is 40.7 Å². The predicted molar refractivity (Wildman–Crippen MR) is 115 cm³/mol. The lowest BCUT2D eigenvalue weighted by molar-refractivity contribution is -0.385. The van der Waals surface area contributed by atoms with Gasteiger partial charge in [0.25, 0.3) is 0 Å². The second kappa shape index (κ2) is 8.38. The molecule has 0 fully saturated rings. The van der Waals surface area contributed by atoms with Gasteiger partial charge in [-0.25, -0.2) is 14.7 Å². The van der Waals surface area contributed by atoms with Crippen LogP contribution >= 0.6 is 11.6 Å². The maximum absolute atomic E-state index is 13.3. The van der Waals surface area contributed by atoms with Crippen LogP contribution in [0.25, 0.3) is 5.65 Å². The van der Waals surface area contributed by atoms with Gasteiger partial charge >= 0.3 is 11.8 Å². The number of amides is 1. The Labute approximate surface area is 183 Å². The van der Waals surface area contributed by atoms with E-state index in [9.17, 15) is 14.9 Å². The van der Waals surface area contributed by atoms with Crippen molar-refractivity contribution in [2.24, 2.45) is 0 Å². The van der Waals surface area contributed by atoms with Crippen LogP contribution in [0.3, 0.4) is 0 Å². The van der Waals surface area contributed by atoms with Crippen molar-refractivity contribution in [3.05, 3.63) is 51.3 Å². The molecule has 3 rings (SSSR count). The lowest BCUT2D eigenvalue weighted by atomic mass is 10.2. The Bertz CT molecular complexity index is 1150. The third-order valence-electron chi connectivity index (χ3n) is 4.17. The maximum Gasteiger partial charge on any atom is 0.420 e. The number of rotatable bonds is 5. The molecule has 0 saturated heterocycles. The zero-order chi connectivity index (χ0) is 22.9. The van der Waals surface area contributed by atoms with Gasteiger partial charge in [0.05, 0.1) is 23.4 Å². The van der Waals surface area contributed by atoms with E-state index in [4.69, 9.17) is 21.1 Å². The number of nitrogens with zero attached hydrogens (tertiary/aromatic N) is 5. The number of anilines is 2. The van der Waals surface area contributed by atoms with Gasteiger partial charge in [-0.15, -0.1) is 0 Å². The molecule has 0 aliphatic heterocycles. The third kappa shape index (κ3) is 4.53. The molecule has 0 atom stereocenters. The van der Waals surface area contributed by atoms with Crippen molar-refractivity contribution in [1.29, 1.82) is 0 Å². The van der Waals surface area contributed by atoms with Crippen LogP contribution in [0.1, 0.15) is 33.3 Å². The minimum atomic E-state index is -0.819. The number of aromatic nitrogens is 3. The molecule has 0 radical (unpaired) electrons. The number of halogens is 1. The highest BCUT2D eigenvalue weighted by Gasteiger charge is 2.31. The first-order valence-corrected chi connectivity index (χ1v) is 9.85. The number of hydrogen-bond donors (Lipinski definition) is 0. The highest BCUT2D eigenvalue weighted by Crippen LogP contribution is 2.38. The van der Waals surface area contributed by atoms with Crippen LogP contribution < -0.4 is 9.64 Å². The maximum atomic E-state index is 13.3. The van der Waals surface area contributed by atoms with Crippen molar-refractivity contribution in [2.45, 2.75) is 40.2 Å². The molecule has 164 valence electrons. The summed E-state index contributed by atoms with van der Waals surface area (Å²) in [5, 5.41) is 16.0. The number of hydrogen-bond acceptors (Lipinski definition) is 7. The molecule has 31 heavy (non-hydrogen) atoms. The standard InChI is InChI=1S/C20H22ClN5O5/c1-6-30-15-8-7-13(11-14(15)26(28)29)24(19(27)31-20(3,4)5)18-12(2)17(21)23-16-9-10-22-25(16)18/h7-11H,6H2,1-5H3. The second-order valence-electron chi connectivity index (χ2n) is 7.61. The highest BCUT2D eigenvalue weighted by atomic mass is 35.5. The van der Waals surface area contributed by atoms with E-state index in [-0.39, 0.29) is 34.7 Å². The predicted octanol–water partition coefficient (Wildman–Crippen LogP) is 5.07. The Morgan fingerprint density at radius 3 is 2.65 bits per heavy atom. The van der Waals surface area contributed by atoms with Crippen LogP contribution in [0.2, 0.25) is 5.15 Å². The van der Waals surface area contributed by atoms with E-state index in [2.05, 4.69) is 10.1 Å². The average Bonchev–Trinajstić information content (AvgIpc) is 3.12. The van der Waals surface area contributed by atoms with Gasteiger partial charge in [0.2, 0.25) is 0 Å². The fraction of sp³-hybridized carbons (Fsp3) is 0.350. The largest absolute Gasteiger partial charge is 0.487 e. The summed E-state index contributed by atoms with van der Waals surface area (Å²) in [4.78, 5) is 29.8. The van der Waals surface area contributed by atoms with Gasteiger partial charge in [0.15, 0.2) is 17.2 Å². The summed E-state index contributed by atoms with van der Waals surface area (Å²) >= 11 is 6.31. The SMILES string of the molecule is CCOc1ccc(N(C(=O)OC(C)(C)C)c2c(C)c(Cl)nc3ccnn23)cc1[N+](=O)[O-]. The van der Waals surface area contributed by atoms with Gasteiger partial charge < -0.3 is 9.47 Å². The van der Waals surface area contributed by atoms with Gasteiger partial charge in [-0.2, -0.15) is 9.61 Å². The van der Waals surface area contributed by atoms with Crippen LogP contribution in [0, 0.1) is 17.0 Å². The molecule has 0 aliphatic carbocycles. The molecule has 1 amide bonds. The first-order valence-electron chi connectivity index (χ1n) is 9.47. The Morgan fingerprint density at radius 2 is 2.03 bits per heavy atom. The van der Waals surface area contributed by atoms with Gasteiger partial charge in [-0.1, -0.05) is 11.6 Å². The molecule has 0 bridgehead atoms. The molecule has 0 N–H and O–H groups in total. The van der Waals surface area contributed by atoms with Crippen LogP contribution in [0.5, 0.6) is 5.75 Å². The zero-order valence-electron chi connectivity index (χ0n) is 17.7. The zero-order valence-corrected chi connectivity index (χ0v) is 18.5. The van der Waals surface area contributed by atoms with Crippen molar-refractivity contribution in [1.82, 2.24) is 14.6 Å². The molecule has 3 aromatic rings. The van der Waals surface area contributed by atoms with Gasteiger partial charge in [-0.3, -0.25) is 10.1 Å². The lowest BCUT2D eigenvalue weighted by Gasteiger charge is -2.28. The smallest absolute Gasteiger partial charge is 0.420 e. The van der Waals surface area contributed by atoms with E-state index in [1.807, 2.05) is 0 Å². The summed E-state index contributed by atoms with van der Waals surface area (Å²) in [5.41, 5.74) is -0.0746. The molecule has 0 aliphatic rings. The molecule has 11 heteroatoms. The molecule has 0 unspecified atom stereocenters. The van der Waals surface area contributed by atoms with Crippen LogP contribution in [-0.4, -0.2) is 37.8 Å². The molecule has 2 aromatic heterocycles. The fourth-order valence-corrected chi connectivity index (χ4v) is 3.10. The Kier molecular flexibility index (Phi) is 6.03. The van der Waals surface area contributed by atoms with E-state index >= 15 is 0 Å². The normalized spacial score (nSPS) is 11.4. The monoisotopic (exact) mass is 447 g/mol. The third-order valence-corrected chi connectivity index (χ3v) is 4.53. The minimum absolute atomic E-state index is 0.0918. The molecule has 1 aromatic carbocycles. The average molecular weight is 448 g/mol. The van der Waals surface area contributed by atoms with Crippen molar-refractivity contribution in [3.63, 3.8) is 0 Å². The number of nitro benzene ring substituents is 1. The quantitative estimate of drug-likeness (QED) is 0.304. The highest BCUT2D eigenvalue weighted by molar-refractivity contribution is 6.30. The Hall–Kier alpha value is -3.40.